The number of carbonyl (C=O) groups excluding carboxylic acids is 1. The molecule has 0 spiro atoms. The molecule has 0 heterocycles. The molecule has 0 radical (unpaired) electrons. The van der Waals surface area contributed by atoms with Crippen LogP contribution in [0.5, 0.6) is 5.75 Å². The van der Waals surface area contributed by atoms with Crippen LogP contribution in [-0.2, 0) is 0 Å². The van der Waals surface area contributed by atoms with Crippen molar-refractivity contribution in [3.8, 4) is 5.75 Å². The standard InChI is InChI=1S/C16H16FNO2/c1-11-3-8-16(20-2)14(9-11)18-10-15(19)12-4-6-13(17)7-5-12/h3-9,18H,10H2,1-2H3. The van der Waals surface area contributed by atoms with E-state index in [-0.39, 0.29) is 18.1 Å². The molecular weight excluding hydrogens is 257 g/mol. The van der Waals surface area contributed by atoms with Crippen LogP contribution in [0, 0.1) is 12.7 Å². The van der Waals surface area contributed by atoms with E-state index in [1.165, 1.54) is 24.3 Å². The molecule has 20 heavy (non-hydrogen) atoms. The van der Waals surface area contributed by atoms with E-state index < -0.39 is 0 Å². The maximum atomic E-state index is 12.8. The van der Waals surface area contributed by atoms with Crippen molar-refractivity contribution in [3.63, 3.8) is 0 Å². The highest BCUT2D eigenvalue weighted by Crippen LogP contribution is 2.25. The van der Waals surface area contributed by atoms with Gasteiger partial charge in [-0.3, -0.25) is 4.79 Å². The predicted molar refractivity (Wildman–Crippen MR) is 77.0 cm³/mol. The minimum absolute atomic E-state index is 0.103. The Morgan fingerprint density at radius 3 is 2.55 bits per heavy atom. The summed E-state index contributed by atoms with van der Waals surface area (Å²) in [6, 6.07) is 11.2. The largest absolute Gasteiger partial charge is 0.495 e. The molecule has 1 N–H and O–H groups in total. The summed E-state index contributed by atoms with van der Waals surface area (Å²) in [5, 5.41) is 3.05. The molecular formula is C16H16FNO2. The first-order chi connectivity index (χ1) is 9.60. The Morgan fingerprint density at radius 1 is 1.20 bits per heavy atom. The van der Waals surface area contributed by atoms with Gasteiger partial charge in [0.15, 0.2) is 5.78 Å². The molecule has 0 bridgehead atoms. The number of hydrogen-bond donors (Lipinski definition) is 1. The molecule has 2 aromatic rings. The smallest absolute Gasteiger partial charge is 0.181 e. The zero-order chi connectivity index (χ0) is 14.5. The van der Waals surface area contributed by atoms with Gasteiger partial charge >= 0.3 is 0 Å². The van der Waals surface area contributed by atoms with Crippen molar-refractivity contribution in [3.05, 3.63) is 59.4 Å². The molecule has 0 unspecified atom stereocenters. The number of carbonyl (C=O) groups is 1. The molecule has 4 heteroatoms. The average molecular weight is 273 g/mol. The van der Waals surface area contributed by atoms with Crippen LogP contribution in [0.4, 0.5) is 10.1 Å². The molecule has 0 fully saturated rings. The number of ketones is 1. The van der Waals surface area contributed by atoms with E-state index in [0.29, 0.717) is 11.3 Å². The van der Waals surface area contributed by atoms with Gasteiger partial charge < -0.3 is 10.1 Å². The highest BCUT2D eigenvalue weighted by Gasteiger charge is 2.08. The van der Waals surface area contributed by atoms with E-state index in [1.54, 1.807) is 7.11 Å². The highest BCUT2D eigenvalue weighted by molar-refractivity contribution is 5.99. The molecule has 104 valence electrons. The van der Waals surface area contributed by atoms with Gasteiger partial charge in [-0.15, -0.1) is 0 Å². The Balaban J connectivity index is 2.06. The van der Waals surface area contributed by atoms with E-state index in [9.17, 15) is 9.18 Å². The lowest BCUT2D eigenvalue weighted by Gasteiger charge is -2.11. The fourth-order valence-corrected chi connectivity index (χ4v) is 1.87. The number of hydrogen-bond acceptors (Lipinski definition) is 3. The molecule has 2 rings (SSSR count). The summed E-state index contributed by atoms with van der Waals surface area (Å²) in [5.74, 6) is 0.228. The molecule has 0 aliphatic carbocycles. The van der Waals surface area contributed by atoms with Crippen LogP contribution >= 0.6 is 0 Å². The Morgan fingerprint density at radius 2 is 1.90 bits per heavy atom. The molecule has 0 aromatic heterocycles. The lowest BCUT2D eigenvalue weighted by molar-refractivity contribution is 0.101. The van der Waals surface area contributed by atoms with Crippen LogP contribution < -0.4 is 10.1 Å². The SMILES string of the molecule is COc1ccc(C)cc1NCC(=O)c1ccc(F)cc1. The van der Waals surface area contributed by atoms with Crippen LogP contribution in [0.15, 0.2) is 42.5 Å². The first kappa shape index (κ1) is 14.1. The third-order valence-electron chi connectivity index (χ3n) is 2.96. The number of halogens is 1. The van der Waals surface area contributed by atoms with Gasteiger partial charge in [-0.25, -0.2) is 4.39 Å². The average Bonchev–Trinajstić information content (AvgIpc) is 2.45. The van der Waals surface area contributed by atoms with Crippen molar-refractivity contribution >= 4 is 11.5 Å². The summed E-state index contributed by atoms with van der Waals surface area (Å²) in [4.78, 5) is 12.0. The van der Waals surface area contributed by atoms with Crippen molar-refractivity contribution in [2.75, 3.05) is 19.0 Å². The normalized spacial score (nSPS) is 10.2. The summed E-state index contributed by atoms with van der Waals surface area (Å²) < 4.78 is 18.0. The Labute approximate surface area is 117 Å². The zero-order valence-corrected chi connectivity index (χ0v) is 11.4. The van der Waals surface area contributed by atoms with Gasteiger partial charge in [-0.1, -0.05) is 6.07 Å². The second-order valence-corrected chi connectivity index (χ2v) is 4.49. The number of aryl methyl sites for hydroxylation is 1. The number of benzene rings is 2. The molecule has 0 aliphatic heterocycles. The summed E-state index contributed by atoms with van der Waals surface area (Å²) in [6.07, 6.45) is 0. The van der Waals surface area contributed by atoms with E-state index in [4.69, 9.17) is 4.74 Å². The highest BCUT2D eigenvalue weighted by atomic mass is 19.1. The summed E-state index contributed by atoms with van der Waals surface area (Å²) >= 11 is 0. The van der Waals surface area contributed by atoms with Gasteiger partial charge in [0.05, 0.1) is 19.3 Å². The second-order valence-electron chi connectivity index (χ2n) is 4.49. The van der Waals surface area contributed by atoms with Gasteiger partial charge in [0, 0.05) is 5.56 Å². The van der Waals surface area contributed by atoms with Gasteiger partial charge in [-0.2, -0.15) is 0 Å². The number of rotatable bonds is 5. The maximum Gasteiger partial charge on any atom is 0.181 e. The van der Waals surface area contributed by atoms with Gasteiger partial charge in [0.25, 0.3) is 0 Å². The molecule has 3 nitrogen and oxygen atoms in total. The fraction of sp³-hybridized carbons (Fsp3) is 0.188. The van der Waals surface area contributed by atoms with E-state index >= 15 is 0 Å². The summed E-state index contributed by atoms with van der Waals surface area (Å²) in [7, 11) is 1.58. The first-order valence-electron chi connectivity index (χ1n) is 6.27. The van der Waals surface area contributed by atoms with Crippen LogP contribution in [0.25, 0.3) is 0 Å². The van der Waals surface area contributed by atoms with Crippen LogP contribution in [-0.4, -0.2) is 19.4 Å². The second kappa shape index (κ2) is 6.19. The number of ether oxygens (including phenoxy) is 1. The quantitative estimate of drug-likeness (QED) is 0.848. The lowest BCUT2D eigenvalue weighted by Crippen LogP contribution is -2.14. The number of methoxy groups -OCH3 is 1. The molecule has 0 aliphatic rings. The van der Waals surface area contributed by atoms with E-state index in [0.717, 1.165) is 11.3 Å². The molecule has 0 saturated heterocycles. The van der Waals surface area contributed by atoms with Crippen LogP contribution in [0.3, 0.4) is 0 Å². The third-order valence-corrected chi connectivity index (χ3v) is 2.96. The lowest BCUT2D eigenvalue weighted by atomic mass is 10.1. The number of Topliss-reactive ketones (excluding diaryl/α,β-unsaturated/α-hetero) is 1. The van der Waals surface area contributed by atoms with E-state index in [1.807, 2.05) is 25.1 Å². The Hall–Kier alpha value is -2.36. The van der Waals surface area contributed by atoms with Crippen molar-refractivity contribution in [1.82, 2.24) is 0 Å². The third kappa shape index (κ3) is 3.35. The van der Waals surface area contributed by atoms with Gasteiger partial charge in [-0.05, 0) is 48.9 Å². The van der Waals surface area contributed by atoms with Crippen molar-refractivity contribution < 1.29 is 13.9 Å². The molecule has 0 atom stereocenters. The maximum absolute atomic E-state index is 12.8. The molecule has 0 saturated carbocycles. The predicted octanol–water partition coefficient (Wildman–Crippen LogP) is 3.44. The minimum atomic E-state index is -0.352. The van der Waals surface area contributed by atoms with Crippen molar-refractivity contribution in [2.45, 2.75) is 6.92 Å². The summed E-state index contributed by atoms with van der Waals surface area (Å²) in [6.45, 7) is 2.10. The van der Waals surface area contributed by atoms with Crippen molar-refractivity contribution in [2.24, 2.45) is 0 Å². The van der Waals surface area contributed by atoms with Gasteiger partial charge in [0.1, 0.15) is 11.6 Å². The van der Waals surface area contributed by atoms with Gasteiger partial charge in [0.2, 0.25) is 0 Å². The fourth-order valence-electron chi connectivity index (χ4n) is 1.87. The minimum Gasteiger partial charge on any atom is -0.495 e. The number of anilines is 1. The van der Waals surface area contributed by atoms with E-state index in [2.05, 4.69) is 5.32 Å². The summed E-state index contributed by atoms with van der Waals surface area (Å²) in [5.41, 5.74) is 2.32. The molecule has 0 amide bonds. The zero-order valence-electron chi connectivity index (χ0n) is 11.4. The molecule has 2 aromatic carbocycles. The Bertz CT molecular complexity index is 608. The van der Waals surface area contributed by atoms with Crippen LogP contribution in [0.1, 0.15) is 15.9 Å². The van der Waals surface area contributed by atoms with Crippen molar-refractivity contribution in [1.29, 1.82) is 0 Å². The first-order valence-corrected chi connectivity index (χ1v) is 6.27. The number of nitrogens with one attached hydrogen (secondary N) is 1. The monoisotopic (exact) mass is 273 g/mol. The topological polar surface area (TPSA) is 38.3 Å². The van der Waals surface area contributed by atoms with Crippen LogP contribution in [0.2, 0.25) is 0 Å². The Kier molecular flexibility index (Phi) is 4.35.